The highest BCUT2D eigenvalue weighted by Gasteiger charge is 2.53. The van der Waals surface area contributed by atoms with Crippen LogP contribution < -0.4 is 0 Å². The fourth-order valence-electron chi connectivity index (χ4n) is 5.35. The number of carbonyl (C=O) groups is 2. The molecular formula is C27H30N2O6. The van der Waals surface area contributed by atoms with Gasteiger partial charge in [-0.05, 0) is 71.9 Å². The van der Waals surface area contributed by atoms with Crippen LogP contribution in [0.5, 0.6) is 5.75 Å². The number of pyridine rings is 1. The van der Waals surface area contributed by atoms with E-state index in [9.17, 15) is 30.0 Å². The van der Waals surface area contributed by atoms with E-state index in [0.29, 0.717) is 17.6 Å². The van der Waals surface area contributed by atoms with E-state index < -0.39 is 30.5 Å². The zero-order chi connectivity index (χ0) is 25.1. The van der Waals surface area contributed by atoms with E-state index in [1.54, 1.807) is 24.4 Å². The Hall–Kier alpha value is -3.33. The number of phenols is 1. The molecule has 35 heavy (non-hydrogen) atoms. The van der Waals surface area contributed by atoms with Crippen molar-refractivity contribution in [1.29, 1.82) is 0 Å². The second kappa shape index (κ2) is 10.5. The number of phenolic OH excluding ortho intramolecular Hbond substituents is 1. The molecule has 2 aliphatic rings. The Bertz CT molecular complexity index is 1160. The zero-order valence-corrected chi connectivity index (χ0v) is 19.5. The lowest BCUT2D eigenvalue weighted by atomic mass is 9.68. The number of hydrogen-bond donors (Lipinski definition) is 4. The van der Waals surface area contributed by atoms with Gasteiger partial charge >= 0.3 is 0 Å². The van der Waals surface area contributed by atoms with Gasteiger partial charge in [0.25, 0.3) is 0 Å². The molecule has 0 unspecified atom stereocenters. The molecule has 0 spiro atoms. The molecule has 1 aliphatic carbocycles. The third-order valence-corrected chi connectivity index (χ3v) is 7.04. The summed E-state index contributed by atoms with van der Waals surface area (Å²) in [5.74, 6) is -2.64. The minimum Gasteiger partial charge on any atom is -0.508 e. The van der Waals surface area contributed by atoms with Crippen molar-refractivity contribution in [1.82, 2.24) is 9.88 Å². The van der Waals surface area contributed by atoms with Crippen molar-refractivity contribution in [2.45, 2.75) is 25.4 Å². The molecule has 184 valence electrons. The number of aliphatic hydroxyl groups is 3. The molecule has 8 heteroatoms. The number of imide groups is 1. The Morgan fingerprint density at radius 2 is 1.97 bits per heavy atom. The summed E-state index contributed by atoms with van der Waals surface area (Å²) < 4.78 is 0. The van der Waals surface area contributed by atoms with Crippen LogP contribution in [-0.2, 0) is 9.59 Å². The highest BCUT2D eigenvalue weighted by Crippen LogP contribution is 2.45. The highest BCUT2D eigenvalue weighted by molar-refractivity contribution is 6.05. The van der Waals surface area contributed by atoms with Crippen LogP contribution in [0.2, 0.25) is 0 Å². The highest BCUT2D eigenvalue weighted by atomic mass is 16.3. The van der Waals surface area contributed by atoms with Gasteiger partial charge in [-0.15, -0.1) is 0 Å². The number of aliphatic hydroxyl groups excluding tert-OH is 3. The van der Waals surface area contributed by atoms with Crippen LogP contribution in [0.25, 0.3) is 11.6 Å². The first-order chi connectivity index (χ1) is 16.8. The molecule has 0 bridgehead atoms. The van der Waals surface area contributed by atoms with Crippen LogP contribution in [-0.4, -0.2) is 68.5 Å². The number of carbonyl (C=O) groups excluding carboxylic acids is 2. The SMILES string of the molecule is CN1C(=O)[C@@H]2[C@@H](CC(CO)=C([C@H](O)CC/C(=C/c3cccc(O)c3)c3ccccn3)[C@@H]2CO)C1=O. The van der Waals surface area contributed by atoms with E-state index in [1.165, 1.54) is 7.05 Å². The van der Waals surface area contributed by atoms with Crippen molar-refractivity contribution in [2.24, 2.45) is 17.8 Å². The van der Waals surface area contributed by atoms with Gasteiger partial charge in [0, 0.05) is 19.2 Å². The molecule has 2 amide bonds. The van der Waals surface area contributed by atoms with Gasteiger partial charge in [0.05, 0.1) is 36.8 Å². The number of allylic oxidation sites excluding steroid dienone is 1. The molecule has 1 aromatic carbocycles. The van der Waals surface area contributed by atoms with Crippen LogP contribution in [0, 0.1) is 17.8 Å². The third kappa shape index (κ3) is 4.91. The molecule has 1 aromatic heterocycles. The second-order valence-electron chi connectivity index (χ2n) is 9.11. The fraction of sp³-hybridized carbons (Fsp3) is 0.370. The first kappa shape index (κ1) is 24.8. The fourth-order valence-corrected chi connectivity index (χ4v) is 5.35. The van der Waals surface area contributed by atoms with Crippen molar-refractivity contribution in [3.63, 3.8) is 0 Å². The summed E-state index contributed by atoms with van der Waals surface area (Å²) >= 11 is 0. The van der Waals surface area contributed by atoms with Gasteiger partial charge in [0.1, 0.15) is 5.75 Å². The molecule has 1 saturated heterocycles. The van der Waals surface area contributed by atoms with E-state index in [0.717, 1.165) is 21.7 Å². The minimum atomic E-state index is -1.03. The van der Waals surface area contributed by atoms with Crippen LogP contribution in [0.15, 0.2) is 59.8 Å². The van der Waals surface area contributed by atoms with Crippen LogP contribution in [0.3, 0.4) is 0 Å². The number of fused-ring (bicyclic) bond motifs is 1. The molecule has 1 aliphatic heterocycles. The number of aromatic nitrogens is 1. The summed E-state index contributed by atoms with van der Waals surface area (Å²) in [7, 11) is 1.43. The predicted octanol–water partition coefficient (Wildman–Crippen LogP) is 2.00. The van der Waals surface area contributed by atoms with Crippen molar-refractivity contribution in [3.05, 3.63) is 71.1 Å². The lowest BCUT2D eigenvalue weighted by molar-refractivity contribution is -0.138. The molecule has 4 atom stereocenters. The molecular weight excluding hydrogens is 448 g/mol. The van der Waals surface area contributed by atoms with Crippen molar-refractivity contribution >= 4 is 23.5 Å². The Kier molecular flexibility index (Phi) is 7.45. The normalized spacial score (nSPS) is 23.6. The van der Waals surface area contributed by atoms with E-state index in [4.69, 9.17) is 0 Å². The second-order valence-corrected chi connectivity index (χ2v) is 9.11. The van der Waals surface area contributed by atoms with Gasteiger partial charge in [0.2, 0.25) is 11.8 Å². The first-order valence-electron chi connectivity index (χ1n) is 11.7. The quantitative estimate of drug-likeness (QED) is 0.337. The molecule has 4 N–H and O–H groups in total. The lowest BCUT2D eigenvalue weighted by Gasteiger charge is -2.36. The number of rotatable bonds is 8. The average Bonchev–Trinajstić information content (AvgIpc) is 3.09. The van der Waals surface area contributed by atoms with Crippen molar-refractivity contribution in [2.75, 3.05) is 20.3 Å². The Morgan fingerprint density at radius 3 is 2.63 bits per heavy atom. The topological polar surface area (TPSA) is 131 Å². The van der Waals surface area contributed by atoms with Crippen LogP contribution in [0.1, 0.15) is 30.5 Å². The minimum absolute atomic E-state index is 0.139. The number of nitrogens with zero attached hydrogens (tertiary/aromatic N) is 2. The number of likely N-dealkylation sites (tertiary alicyclic amines) is 1. The van der Waals surface area contributed by atoms with E-state index >= 15 is 0 Å². The van der Waals surface area contributed by atoms with Gasteiger partial charge in [-0.25, -0.2) is 0 Å². The molecule has 2 heterocycles. The van der Waals surface area contributed by atoms with E-state index in [2.05, 4.69) is 4.98 Å². The lowest BCUT2D eigenvalue weighted by Crippen LogP contribution is -2.39. The van der Waals surface area contributed by atoms with Crippen LogP contribution >= 0.6 is 0 Å². The maximum absolute atomic E-state index is 12.8. The molecule has 2 aromatic rings. The summed E-state index contributed by atoms with van der Waals surface area (Å²) in [6.45, 7) is -0.764. The van der Waals surface area contributed by atoms with Crippen molar-refractivity contribution < 1.29 is 30.0 Å². The maximum Gasteiger partial charge on any atom is 0.233 e. The first-order valence-corrected chi connectivity index (χ1v) is 11.7. The summed E-state index contributed by atoms with van der Waals surface area (Å²) in [6, 6.07) is 12.4. The third-order valence-electron chi connectivity index (χ3n) is 7.04. The van der Waals surface area contributed by atoms with Gasteiger partial charge < -0.3 is 20.4 Å². The summed E-state index contributed by atoms with van der Waals surface area (Å²) in [4.78, 5) is 30.8. The maximum atomic E-state index is 12.8. The Balaban J connectivity index is 1.62. The summed E-state index contributed by atoms with van der Waals surface area (Å²) in [5.41, 5.74) is 3.29. The number of aromatic hydroxyl groups is 1. The van der Waals surface area contributed by atoms with E-state index in [-0.39, 0.29) is 37.0 Å². The van der Waals surface area contributed by atoms with Gasteiger partial charge in [-0.1, -0.05) is 18.2 Å². The standard InChI is InChI=1S/C27H30N2O6/c1-29-26(34)20-13-18(14-30)24(21(15-31)25(20)27(29)35)23(33)9-8-17(22-7-2-3-10-28-22)11-16-5-4-6-19(32)12-16/h2-7,10-12,20-21,23,25,30-33H,8-9,13-15H2,1H3/b17-11-/t20-,21+,23-,25-/m1/s1. The largest absolute Gasteiger partial charge is 0.508 e. The van der Waals surface area contributed by atoms with Gasteiger partial charge in [-0.2, -0.15) is 0 Å². The van der Waals surface area contributed by atoms with Crippen LogP contribution in [0.4, 0.5) is 0 Å². The van der Waals surface area contributed by atoms with Gasteiger partial charge in [-0.3, -0.25) is 19.5 Å². The summed E-state index contributed by atoms with van der Waals surface area (Å²) in [5, 5.41) is 41.3. The Morgan fingerprint density at radius 1 is 1.17 bits per heavy atom. The van der Waals surface area contributed by atoms with Crippen molar-refractivity contribution in [3.8, 4) is 5.75 Å². The van der Waals surface area contributed by atoms with E-state index in [1.807, 2.05) is 30.3 Å². The smallest absolute Gasteiger partial charge is 0.233 e. The summed E-state index contributed by atoms with van der Waals surface area (Å²) in [6.07, 6.45) is 3.40. The zero-order valence-electron chi connectivity index (χ0n) is 19.5. The monoisotopic (exact) mass is 478 g/mol. The molecule has 8 nitrogen and oxygen atoms in total. The predicted molar refractivity (Wildman–Crippen MR) is 130 cm³/mol. The molecule has 0 radical (unpaired) electrons. The number of hydrogen-bond acceptors (Lipinski definition) is 7. The molecule has 4 rings (SSSR count). The van der Waals surface area contributed by atoms with Gasteiger partial charge in [0.15, 0.2) is 0 Å². The number of benzene rings is 1. The number of amides is 2. The average molecular weight is 479 g/mol. The molecule has 1 fully saturated rings. The molecule has 0 saturated carbocycles. The Labute approximate surface area is 203 Å².